The molecule has 1 atom stereocenters. The smallest absolute Gasteiger partial charge is 0.231 e. The number of nitrogens with zero attached hydrogens (tertiary/aromatic N) is 3. The summed E-state index contributed by atoms with van der Waals surface area (Å²) < 4.78 is 5.34. The van der Waals surface area contributed by atoms with Crippen LogP contribution < -0.4 is 10.1 Å². The van der Waals surface area contributed by atoms with Crippen LogP contribution in [-0.2, 0) is 21.5 Å². The number of anilines is 1. The average molecular weight is 388 g/mol. The molecule has 1 aromatic heterocycles. The summed E-state index contributed by atoms with van der Waals surface area (Å²) in [6.45, 7) is 6.95. The summed E-state index contributed by atoms with van der Waals surface area (Å²) in [6.07, 6.45) is 0.200. The van der Waals surface area contributed by atoms with E-state index in [4.69, 9.17) is 4.74 Å². The maximum Gasteiger partial charge on any atom is 0.231 e. The van der Waals surface area contributed by atoms with E-state index in [1.807, 2.05) is 45.0 Å². The van der Waals surface area contributed by atoms with Gasteiger partial charge in [0, 0.05) is 30.5 Å². The minimum absolute atomic E-state index is 0.0336. The fraction of sp³-hybridized carbons (Fsp3) is 0.474. The van der Waals surface area contributed by atoms with Crippen molar-refractivity contribution in [2.75, 3.05) is 19.0 Å². The highest BCUT2D eigenvalue weighted by Crippen LogP contribution is 2.29. The molecule has 0 spiro atoms. The Morgan fingerprint density at radius 1 is 1.33 bits per heavy atom. The number of hydrogen-bond donors (Lipinski definition) is 1. The SMILES string of the molecule is COc1ccccc1CN1CC(C(=O)Nc2nnc(C(C)(C)C)s2)CC1=O. The van der Waals surface area contributed by atoms with E-state index in [1.165, 1.54) is 11.3 Å². The van der Waals surface area contributed by atoms with Crippen molar-refractivity contribution in [1.29, 1.82) is 0 Å². The van der Waals surface area contributed by atoms with E-state index in [-0.39, 0.29) is 23.7 Å². The van der Waals surface area contributed by atoms with Crippen LogP contribution in [0.15, 0.2) is 24.3 Å². The summed E-state index contributed by atoms with van der Waals surface area (Å²) in [4.78, 5) is 26.6. The van der Waals surface area contributed by atoms with Crippen molar-refractivity contribution >= 4 is 28.3 Å². The number of carbonyl (C=O) groups is 2. The summed E-state index contributed by atoms with van der Waals surface area (Å²) in [7, 11) is 1.61. The minimum atomic E-state index is -0.394. The fourth-order valence-electron chi connectivity index (χ4n) is 2.92. The molecule has 1 fully saturated rings. The maximum atomic E-state index is 12.6. The summed E-state index contributed by atoms with van der Waals surface area (Å²) in [6, 6.07) is 7.58. The number of benzene rings is 1. The van der Waals surface area contributed by atoms with Gasteiger partial charge in [0.1, 0.15) is 10.8 Å². The lowest BCUT2D eigenvalue weighted by Gasteiger charge is -2.18. The lowest BCUT2D eigenvalue weighted by Crippen LogP contribution is -2.28. The van der Waals surface area contributed by atoms with Gasteiger partial charge in [0.2, 0.25) is 16.9 Å². The largest absolute Gasteiger partial charge is 0.496 e. The molecule has 0 bridgehead atoms. The third kappa shape index (κ3) is 4.44. The van der Waals surface area contributed by atoms with Gasteiger partial charge in [0.05, 0.1) is 13.0 Å². The lowest BCUT2D eigenvalue weighted by atomic mass is 9.98. The number of nitrogens with one attached hydrogen (secondary N) is 1. The highest BCUT2D eigenvalue weighted by atomic mass is 32.1. The van der Waals surface area contributed by atoms with Crippen LogP contribution >= 0.6 is 11.3 Å². The van der Waals surface area contributed by atoms with Gasteiger partial charge in [-0.25, -0.2) is 0 Å². The molecule has 1 aliphatic rings. The monoisotopic (exact) mass is 388 g/mol. The van der Waals surface area contributed by atoms with Gasteiger partial charge in [-0.05, 0) is 6.07 Å². The highest BCUT2D eigenvalue weighted by molar-refractivity contribution is 7.15. The van der Waals surface area contributed by atoms with Gasteiger partial charge in [-0.3, -0.25) is 9.59 Å². The van der Waals surface area contributed by atoms with Crippen LogP contribution in [0.3, 0.4) is 0 Å². The Morgan fingerprint density at radius 2 is 2.07 bits per heavy atom. The Labute approximate surface area is 162 Å². The maximum absolute atomic E-state index is 12.6. The van der Waals surface area contributed by atoms with Crippen molar-refractivity contribution in [3.63, 3.8) is 0 Å². The van der Waals surface area contributed by atoms with E-state index in [1.54, 1.807) is 12.0 Å². The molecule has 7 nitrogen and oxygen atoms in total. The molecule has 1 aromatic carbocycles. The molecule has 0 radical (unpaired) electrons. The number of para-hydroxylation sites is 1. The van der Waals surface area contributed by atoms with Crippen LogP contribution in [0, 0.1) is 5.92 Å². The van der Waals surface area contributed by atoms with Crippen LogP contribution in [0.25, 0.3) is 0 Å². The number of aromatic nitrogens is 2. The van der Waals surface area contributed by atoms with Crippen LogP contribution in [0.2, 0.25) is 0 Å². The Hall–Kier alpha value is -2.48. The van der Waals surface area contributed by atoms with Crippen LogP contribution in [0.5, 0.6) is 5.75 Å². The molecule has 2 amide bonds. The number of likely N-dealkylation sites (tertiary alicyclic amines) is 1. The molecule has 3 rings (SSSR count). The Morgan fingerprint density at radius 3 is 2.74 bits per heavy atom. The third-order valence-electron chi connectivity index (χ3n) is 4.44. The second kappa shape index (κ2) is 7.64. The van der Waals surface area contributed by atoms with Crippen molar-refractivity contribution in [3.8, 4) is 5.75 Å². The standard InChI is InChI=1S/C19H24N4O3S/c1-19(2,3)17-21-22-18(27-17)20-16(25)13-9-15(24)23(11-13)10-12-7-5-6-8-14(12)26-4/h5-8,13H,9-11H2,1-4H3,(H,20,22,25). The van der Waals surface area contributed by atoms with Gasteiger partial charge < -0.3 is 15.0 Å². The van der Waals surface area contributed by atoms with E-state index in [0.717, 1.165) is 16.3 Å². The predicted octanol–water partition coefficient (Wildman–Crippen LogP) is 2.83. The molecule has 1 saturated heterocycles. The van der Waals surface area contributed by atoms with Crippen molar-refractivity contribution in [2.24, 2.45) is 5.92 Å². The van der Waals surface area contributed by atoms with Crippen LogP contribution in [-0.4, -0.2) is 40.6 Å². The zero-order valence-electron chi connectivity index (χ0n) is 16.0. The van der Waals surface area contributed by atoms with E-state index in [2.05, 4.69) is 15.5 Å². The fourth-order valence-corrected chi connectivity index (χ4v) is 3.73. The molecular formula is C19H24N4O3S. The van der Waals surface area contributed by atoms with Crippen molar-refractivity contribution < 1.29 is 14.3 Å². The number of amides is 2. The highest BCUT2D eigenvalue weighted by Gasteiger charge is 2.35. The quantitative estimate of drug-likeness (QED) is 0.851. The van der Waals surface area contributed by atoms with Crippen molar-refractivity contribution in [2.45, 2.75) is 39.2 Å². The van der Waals surface area contributed by atoms with Crippen molar-refractivity contribution in [1.82, 2.24) is 15.1 Å². The second-order valence-corrected chi connectivity index (χ2v) is 8.62. The zero-order valence-corrected chi connectivity index (χ0v) is 16.8. The normalized spacial score (nSPS) is 17.3. The third-order valence-corrected chi connectivity index (χ3v) is 5.70. The van der Waals surface area contributed by atoms with Gasteiger partial charge in [-0.1, -0.05) is 50.3 Å². The Kier molecular flexibility index (Phi) is 5.46. The van der Waals surface area contributed by atoms with E-state index < -0.39 is 5.92 Å². The van der Waals surface area contributed by atoms with Gasteiger partial charge >= 0.3 is 0 Å². The Balaban J connectivity index is 1.63. The van der Waals surface area contributed by atoms with E-state index >= 15 is 0 Å². The summed E-state index contributed by atoms with van der Waals surface area (Å²) in [5.41, 5.74) is 0.809. The van der Waals surface area contributed by atoms with Gasteiger partial charge in [0.25, 0.3) is 0 Å². The summed E-state index contributed by atoms with van der Waals surface area (Å²) >= 11 is 1.37. The van der Waals surface area contributed by atoms with Gasteiger partial charge in [-0.2, -0.15) is 0 Å². The first kappa shape index (κ1) is 19.3. The molecular weight excluding hydrogens is 364 g/mol. The molecule has 0 saturated carbocycles. The van der Waals surface area contributed by atoms with Crippen LogP contribution in [0.4, 0.5) is 5.13 Å². The van der Waals surface area contributed by atoms with Gasteiger partial charge in [0.15, 0.2) is 0 Å². The van der Waals surface area contributed by atoms with Gasteiger partial charge in [-0.15, -0.1) is 10.2 Å². The second-order valence-electron chi connectivity index (χ2n) is 7.64. The van der Waals surface area contributed by atoms with Crippen molar-refractivity contribution in [3.05, 3.63) is 34.8 Å². The molecule has 1 aliphatic heterocycles. The first-order valence-electron chi connectivity index (χ1n) is 8.82. The first-order valence-corrected chi connectivity index (χ1v) is 9.64. The molecule has 1 N–H and O–H groups in total. The molecule has 2 aromatic rings. The number of ether oxygens (including phenoxy) is 1. The number of methoxy groups -OCH3 is 1. The lowest BCUT2D eigenvalue weighted by molar-refractivity contribution is -0.128. The molecule has 0 aliphatic carbocycles. The number of rotatable bonds is 5. The summed E-state index contributed by atoms with van der Waals surface area (Å²) in [5, 5.41) is 12.3. The summed E-state index contributed by atoms with van der Waals surface area (Å²) in [5.74, 6) is 0.118. The van der Waals surface area contributed by atoms with E-state index in [9.17, 15) is 9.59 Å². The predicted molar refractivity (Wildman–Crippen MR) is 104 cm³/mol. The molecule has 2 heterocycles. The first-order chi connectivity index (χ1) is 12.8. The minimum Gasteiger partial charge on any atom is -0.496 e. The van der Waals surface area contributed by atoms with Crippen LogP contribution in [0.1, 0.15) is 37.8 Å². The van der Waals surface area contributed by atoms with E-state index in [0.29, 0.717) is 18.2 Å². The molecule has 27 heavy (non-hydrogen) atoms. The number of hydrogen-bond acceptors (Lipinski definition) is 6. The molecule has 1 unspecified atom stereocenters. The zero-order chi connectivity index (χ0) is 19.6. The molecule has 144 valence electrons. The molecule has 8 heteroatoms. The average Bonchev–Trinajstić information content (AvgIpc) is 3.22. The number of carbonyl (C=O) groups excluding carboxylic acids is 2. The Bertz CT molecular complexity index is 843. The topological polar surface area (TPSA) is 84.4 Å².